The molecule has 3 rings (SSSR count). The van der Waals surface area contributed by atoms with Crippen molar-refractivity contribution in [2.45, 2.75) is 37.4 Å². The Bertz CT molecular complexity index is 656. The van der Waals surface area contributed by atoms with Crippen LogP contribution in [0.2, 0.25) is 0 Å². The van der Waals surface area contributed by atoms with Crippen molar-refractivity contribution < 1.29 is 15.3 Å². The Morgan fingerprint density at radius 1 is 0.870 bits per heavy atom. The second-order valence-electron chi connectivity index (χ2n) is 6.32. The van der Waals surface area contributed by atoms with Crippen LogP contribution in [0.3, 0.4) is 0 Å². The molecule has 3 N–H and O–H groups in total. The van der Waals surface area contributed by atoms with E-state index in [0.29, 0.717) is 12.8 Å². The molecule has 0 fully saturated rings. The van der Waals surface area contributed by atoms with Crippen LogP contribution in [0, 0.1) is 0 Å². The molecule has 0 aliphatic heterocycles. The van der Waals surface area contributed by atoms with E-state index in [-0.39, 0.29) is 11.2 Å². The number of aliphatic hydroxyl groups is 2. The number of rotatable bonds is 3. The van der Waals surface area contributed by atoms with Gasteiger partial charge in [-0.05, 0) is 48.6 Å². The first-order chi connectivity index (χ1) is 11.0. The fourth-order valence-electron chi connectivity index (χ4n) is 3.25. The van der Waals surface area contributed by atoms with Crippen molar-refractivity contribution >= 4 is 0 Å². The zero-order valence-corrected chi connectivity index (χ0v) is 13.2. The molecule has 1 aromatic rings. The molecule has 0 aromatic heterocycles. The fourth-order valence-corrected chi connectivity index (χ4v) is 3.25. The van der Waals surface area contributed by atoms with Crippen LogP contribution >= 0.6 is 0 Å². The predicted molar refractivity (Wildman–Crippen MR) is 91.2 cm³/mol. The van der Waals surface area contributed by atoms with Crippen molar-refractivity contribution in [3.63, 3.8) is 0 Å². The van der Waals surface area contributed by atoms with Gasteiger partial charge in [0, 0.05) is 5.41 Å². The molecule has 23 heavy (non-hydrogen) atoms. The summed E-state index contributed by atoms with van der Waals surface area (Å²) in [6.45, 7) is 2.14. The predicted octanol–water partition coefficient (Wildman–Crippen LogP) is 3.14. The first kappa shape index (κ1) is 15.8. The first-order valence-electron chi connectivity index (χ1n) is 7.93. The van der Waals surface area contributed by atoms with Crippen molar-refractivity contribution in [3.8, 4) is 5.75 Å². The van der Waals surface area contributed by atoms with E-state index in [2.05, 4.69) is 19.1 Å². The molecule has 2 atom stereocenters. The van der Waals surface area contributed by atoms with Gasteiger partial charge >= 0.3 is 0 Å². The average Bonchev–Trinajstić information content (AvgIpc) is 2.56. The summed E-state index contributed by atoms with van der Waals surface area (Å²) < 4.78 is 0. The van der Waals surface area contributed by atoms with Crippen LogP contribution in [0.5, 0.6) is 5.75 Å². The Labute approximate surface area is 136 Å². The van der Waals surface area contributed by atoms with Crippen LogP contribution < -0.4 is 0 Å². The van der Waals surface area contributed by atoms with Gasteiger partial charge in [0.1, 0.15) is 5.75 Å². The van der Waals surface area contributed by atoms with Gasteiger partial charge in [-0.15, -0.1) is 0 Å². The third-order valence-corrected chi connectivity index (χ3v) is 4.75. The average molecular weight is 310 g/mol. The minimum atomic E-state index is -0.430. The number of hydrogen-bond donors (Lipinski definition) is 3. The lowest BCUT2D eigenvalue weighted by atomic mass is 9.67. The number of hydrogen-bond acceptors (Lipinski definition) is 3. The molecule has 120 valence electrons. The van der Waals surface area contributed by atoms with Crippen molar-refractivity contribution in [1.29, 1.82) is 0 Å². The number of benzene rings is 1. The maximum Gasteiger partial charge on any atom is 0.115 e. The van der Waals surface area contributed by atoms with E-state index in [0.717, 1.165) is 16.7 Å². The second kappa shape index (κ2) is 6.19. The largest absolute Gasteiger partial charge is 0.508 e. The Morgan fingerprint density at radius 3 is 1.74 bits per heavy atom. The van der Waals surface area contributed by atoms with Gasteiger partial charge in [0.25, 0.3) is 0 Å². The SMILES string of the molecule is CC(C1=CCC(O)C=C1)(C1=CCC(O)C=C1)c1ccc(O)cc1. The standard InChI is InChI=1S/C20H22O3/c1-20(14-2-8-17(21)9-3-14,15-4-10-18(22)11-5-15)16-6-12-19(23)13-7-16/h2-10,12,18-19,21-23H,11,13H2,1H3. The van der Waals surface area contributed by atoms with Crippen LogP contribution in [0.4, 0.5) is 0 Å². The lowest BCUT2D eigenvalue weighted by molar-refractivity contribution is 0.224. The van der Waals surface area contributed by atoms with E-state index in [9.17, 15) is 15.3 Å². The number of phenolic OH excluding ortho intramolecular Hbond substituents is 1. The minimum absolute atomic E-state index is 0.239. The molecule has 0 saturated heterocycles. The van der Waals surface area contributed by atoms with E-state index < -0.39 is 12.2 Å². The summed E-state index contributed by atoms with van der Waals surface area (Å²) in [5, 5.41) is 29.0. The summed E-state index contributed by atoms with van der Waals surface area (Å²) in [4.78, 5) is 0. The number of allylic oxidation sites excluding steroid dienone is 4. The van der Waals surface area contributed by atoms with Gasteiger partial charge in [-0.1, -0.05) is 48.6 Å². The molecule has 2 unspecified atom stereocenters. The van der Waals surface area contributed by atoms with Crippen LogP contribution in [-0.2, 0) is 5.41 Å². The van der Waals surface area contributed by atoms with Crippen LogP contribution in [0.1, 0.15) is 25.3 Å². The van der Waals surface area contributed by atoms with Gasteiger partial charge in [-0.3, -0.25) is 0 Å². The van der Waals surface area contributed by atoms with Crippen LogP contribution in [-0.4, -0.2) is 27.5 Å². The quantitative estimate of drug-likeness (QED) is 0.804. The number of aromatic hydroxyl groups is 1. The summed E-state index contributed by atoms with van der Waals surface area (Å²) >= 11 is 0. The molecule has 0 amide bonds. The molecule has 0 spiro atoms. The fraction of sp³-hybridized carbons (Fsp3) is 0.300. The highest BCUT2D eigenvalue weighted by Crippen LogP contribution is 2.43. The van der Waals surface area contributed by atoms with Crippen molar-refractivity contribution in [1.82, 2.24) is 0 Å². The smallest absolute Gasteiger partial charge is 0.115 e. The lowest BCUT2D eigenvalue weighted by Gasteiger charge is -2.36. The molecule has 3 nitrogen and oxygen atoms in total. The van der Waals surface area contributed by atoms with Gasteiger partial charge < -0.3 is 15.3 Å². The van der Waals surface area contributed by atoms with E-state index in [1.807, 2.05) is 36.4 Å². The molecule has 2 aliphatic rings. The third kappa shape index (κ3) is 3.03. The van der Waals surface area contributed by atoms with E-state index in [4.69, 9.17) is 0 Å². The van der Waals surface area contributed by atoms with Crippen molar-refractivity contribution in [2.75, 3.05) is 0 Å². The van der Waals surface area contributed by atoms with Gasteiger partial charge in [-0.2, -0.15) is 0 Å². The van der Waals surface area contributed by atoms with E-state index in [1.165, 1.54) is 0 Å². The molecule has 0 heterocycles. The van der Waals surface area contributed by atoms with E-state index >= 15 is 0 Å². The molecule has 0 radical (unpaired) electrons. The van der Waals surface area contributed by atoms with Crippen molar-refractivity contribution in [3.05, 3.63) is 77.4 Å². The minimum Gasteiger partial charge on any atom is -0.508 e. The normalized spacial score (nSPS) is 26.4. The lowest BCUT2D eigenvalue weighted by Crippen LogP contribution is -2.29. The van der Waals surface area contributed by atoms with Gasteiger partial charge in [-0.25, -0.2) is 0 Å². The van der Waals surface area contributed by atoms with Gasteiger partial charge in [0.15, 0.2) is 0 Å². The van der Waals surface area contributed by atoms with Gasteiger partial charge in [0.2, 0.25) is 0 Å². The summed E-state index contributed by atoms with van der Waals surface area (Å²) in [5.74, 6) is 0.239. The highest BCUT2D eigenvalue weighted by Gasteiger charge is 2.34. The Kier molecular flexibility index (Phi) is 4.24. The third-order valence-electron chi connectivity index (χ3n) is 4.75. The molecule has 3 heteroatoms. The zero-order chi connectivity index (χ0) is 16.4. The highest BCUT2D eigenvalue weighted by atomic mass is 16.3. The molecular formula is C20H22O3. The Morgan fingerprint density at radius 2 is 1.35 bits per heavy atom. The number of aliphatic hydroxyl groups excluding tert-OH is 2. The maximum atomic E-state index is 9.72. The zero-order valence-electron chi connectivity index (χ0n) is 13.2. The molecule has 0 bridgehead atoms. The number of phenols is 1. The van der Waals surface area contributed by atoms with Crippen LogP contribution in [0.15, 0.2) is 71.9 Å². The molecule has 0 saturated carbocycles. The first-order valence-corrected chi connectivity index (χ1v) is 7.93. The molecule has 1 aromatic carbocycles. The molecular weight excluding hydrogens is 288 g/mol. The Hall–Kier alpha value is -2.10. The summed E-state index contributed by atoms with van der Waals surface area (Å²) in [6.07, 6.45) is 12.0. The highest BCUT2D eigenvalue weighted by molar-refractivity contribution is 5.55. The maximum absolute atomic E-state index is 9.72. The van der Waals surface area contributed by atoms with Crippen LogP contribution in [0.25, 0.3) is 0 Å². The Balaban J connectivity index is 2.08. The topological polar surface area (TPSA) is 60.7 Å². The molecule has 2 aliphatic carbocycles. The second-order valence-corrected chi connectivity index (χ2v) is 6.32. The van der Waals surface area contributed by atoms with E-state index in [1.54, 1.807) is 12.1 Å². The van der Waals surface area contributed by atoms with Gasteiger partial charge in [0.05, 0.1) is 12.2 Å². The summed E-state index contributed by atoms with van der Waals surface area (Å²) in [7, 11) is 0. The summed E-state index contributed by atoms with van der Waals surface area (Å²) in [6, 6.07) is 7.23. The summed E-state index contributed by atoms with van der Waals surface area (Å²) in [5.41, 5.74) is 2.90. The monoisotopic (exact) mass is 310 g/mol. The van der Waals surface area contributed by atoms with Crippen molar-refractivity contribution in [2.24, 2.45) is 0 Å².